The van der Waals surface area contributed by atoms with Crippen molar-refractivity contribution < 1.29 is 18.7 Å². The molecule has 142 valence electrons. The number of nitrogens with zero attached hydrogens (tertiary/aromatic N) is 3. The lowest BCUT2D eigenvalue weighted by molar-refractivity contribution is 0.0600. The third-order valence-corrected chi connectivity index (χ3v) is 4.67. The first kappa shape index (κ1) is 18.7. The van der Waals surface area contributed by atoms with Gasteiger partial charge in [-0.2, -0.15) is 5.10 Å². The van der Waals surface area contributed by atoms with E-state index in [1.807, 2.05) is 12.1 Å². The summed E-state index contributed by atoms with van der Waals surface area (Å²) in [6, 6.07) is 5.77. The van der Waals surface area contributed by atoms with Crippen LogP contribution in [-0.4, -0.2) is 47.8 Å². The van der Waals surface area contributed by atoms with E-state index in [0.29, 0.717) is 22.8 Å². The number of rotatable bonds is 5. The molecule has 0 radical (unpaired) electrons. The number of aromatic nitrogens is 2. The molecule has 0 saturated carbocycles. The second-order valence-corrected chi connectivity index (χ2v) is 6.74. The van der Waals surface area contributed by atoms with Crippen LogP contribution in [-0.2, 0) is 4.74 Å². The predicted octanol–water partition coefficient (Wildman–Crippen LogP) is 3.62. The summed E-state index contributed by atoms with van der Waals surface area (Å²) in [5, 5.41) is 5.10. The molecule has 3 rings (SSSR count). The molecule has 0 N–H and O–H groups in total. The van der Waals surface area contributed by atoms with Gasteiger partial charge < -0.3 is 14.1 Å². The SMILES string of the molecule is CCC(C)c1cc(-n2cc(C(=O)OC)cn2)c2oc(C(=O)N(C)C)cc2c1. The van der Waals surface area contributed by atoms with E-state index < -0.39 is 5.97 Å². The molecule has 1 aromatic carbocycles. The first-order chi connectivity index (χ1) is 12.8. The molecule has 0 saturated heterocycles. The molecule has 7 heteroatoms. The fraction of sp³-hybridized carbons (Fsp3) is 0.350. The zero-order chi connectivity index (χ0) is 19.7. The Hall–Kier alpha value is -3.09. The third-order valence-electron chi connectivity index (χ3n) is 4.67. The molecule has 0 bridgehead atoms. The van der Waals surface area contributed by atoms with E-state index in [9.17, 15) is 9.59 Å². The van der Waals surface area contributed by atoms with Gasteiger partial charge in [-0.3, -0.25) is 4.79 Å². The largest absolute Gasteiger partial charge is 0.465 e. The average Bonchev–Trinajstić information content (AvgIpc) is 3.32. The van der Waals surface area contributed by atoms with Crippen molar-refractivity contribution in [1.29, 1.82) is 0 Å². The van der Waals surface area contributed by atoms with Crippen LogP contribution in [0.4, 0.5) is 0 Å². The standard InChI is InChI=1S/C20H23N3O4/c1-6-12(2)13-7-14-9-17(19(24)22(3)4)27-18(14)16(8-13)23-11-15(10-21-23)20(25)26-5/h7-12H,6H2,1-5H3. The van der Waals surface area contributed by atoms with Gasteiger partial charge in [0.05, 0.1) is 18.9 Å². The maximum atomic E-state index is 12.3. The zero-order valence-electron chi connectivity index (χ0n) is 16.1. The van der Waals surface area contributed by atoms with Gasteiger partial charge in [0.1, 0.15) is 5.69 Å². The molecule has 1 unspecified atom stereocenters. The second-order valence-electron chi connectivity index (χ2n) is 6.74. The van der Waals surface area contributed by atoms with Gasteiger partial charge in [0, 0.05) is 25.7 Å². The number of ether oxygens (including phenoxy) is 1. The van der Waals surface area contributed by atoms with Gasteiger partial charge in [0.2, 0.25) is 0 Å². The number of fused-ring (bicyclic) bond motifs is 1. The van der Waals surface area contributed by atoms with Crippen LogP contribution in [0.15, 0.2) is 35.0 Å². The van der Waals surface area contributed by atoms with E-state index in [2.05, 4.69) is 18.9 Å². The minimum absolute atomic E-state index is 0.210. The highest BCUT2D eigenvalue weighted by Gasteiger charge is 2.20. The molecule has 2 heterocycles. The van der Waals surface area contributed by atoms with Gasteiger partial charge in [-0.15, -0.1) is 0 Å². The number of methoxy groups -OCH3 is 1. The predicted molar refractivity (Wildman–Crippen MR) is 101 cm³/mol. The Balaban J connectivity index is 2.20. The Morgan fingerprint density at radius 3 is 2.67 bits per heavy atom. The number of carbonyl (C=O) groups excluding carboxylic acids is 2. The zero-order valence-corrected chi connectivity index (χ0v) is 16.1. The Labute approximate surface area is 157 Å². The van der Waals surface area contributed by atoms with E-state index >= 15 is 0 Å². The summed E-state index contributed by atoms with van der Waals surface area (Å²) in [4.78, 5) is 25.5. The summed E-state index contributed by atoms with van der Waals surface area (Å²) in [7, 11) is 4.68. The summed E-state index contributed by atoms with van der Waals surface area (Å²) in [5.41, 5.74) is 2.68. The van der Waals surface area contributed by atoms with Crippen molar-refractivity contribution in [1.82, 2.24) is 14.7 Å². The normalized spacial score (nSPS) is 12.2. The molecule has 3 aromatic rings. The number of furan rings is 1. The van der Waals surface area contributed by atoms with Crippen LogP contribution >= 0.6 is 0 Å². The quantitative estimate of drug-likeness (QED) is 0.642. The number of carbonyl (C=O) groups is 2. The van der Waals surface area contributed by atoms with Crippen LogP contribution in [0, 0.1) is 0 Å². The van der Waals surface area contributed by atoms with Crippen molar-refractivity contribution in [2.75, 3.05) is 21.2 Å². The monoisotopic (exact) mass is 369 g/mol. The van der Waals surface area contributed by atoms with Crippen molar-refractivity contribution in [3.63, 3.8) is 0 Å². The van der Waals surface area contributed by atoms with Crippen molar-refractivity contribution in [3.05, 3.63) is 47.5 Å². The van der Waals surface area contributed by atoms with Crippen LogP contribution in [0.5, 0.6) is 0 Å². The highest BCUT2D eigenvalue weighted by atomic mass is 16.5. The van der Waals surface area contributed by atoms with Gasteiger partial charge in [-0.05, 0) is 36.1 Å². The average molecular weight is 369 g/mol. The number of esters is 1. The molecule has 2 aromatic heterocycles. The Morgan fingerprint density at radius 1 is 1.30 bits per heavy atom. The topological polar surface area (TPSA) is 77.6 Å². The lowest BCUT2D eigenvalue weighted by Crippen LogP contribution is -2.20. The fourth-order valence-corrected chi connectivity index (χ4v) is 2.85. The lowest BCUT2D eigenvalue weighted by Gasteiger charge is -2.12. The van der Waals surface area contributed by atoms with E-state index in [1.54, 1.807) is 31.0 Å². The number of hydrogen-bond donors (Lipinski definition) is 0. The van der Waals surface area contributed by atoms with Crippen LogP contribution in [0.3, 0.4) is 0 Å². The molecule has 0 aliphatic heterocycles. The number of hydrogen-bond acceptors (Lipinski definition) is 5. The highest BCUT2D eigenvalue weighted by molar-refractivity contribution is 5.98. The smallest absolute Gasteiger partial charge is 0.341 e. The first-order valence-electron chi connectivity index (χ1n) is 8.78. The molecule has 7 nitrogen and oxygen atoms in total. The summed E-state index contributed by atoms with van der Waals surface area (Å²) >= 11 is 0. The maximum Gasteiger partial charge on any atom is 0.341 e. The third kappa shape index (κ3) is 3.45. The van der Waals surface area contributed by atoms with E-state index in [4.69, 9.17) is 9.15 Å². The summed E-state index contributed by atoms with van der Waals surface area (Å²) in [6.07, 6.45) is 4.01. The van der Waals surface area contributed by atoms with E-state index in [0.717, 1.165) is 17.4 Å². The van der Waals surface area contributed by atoms with E-state index in [-0.39, 0.29) is 11.7 Å². The second kappa shape index (κ2) is 7.26. The van der Waals surface area contributed by atoms with Crippen molar-refractivity contribution in [2.45, 2.75) is 26.2 Å². The summed E-state index contributed by atoms with van der Waals surface area (Å²) in [6.45, 7) is 4.26. The van der Waals surface area contributed by atoms with Gasteiger partial charge >= 0.3 is 5.97 Å². The molecular weight excluding hydrogens is 346 g/mol. The van der Waals surface area contributed by atoms with Crippen LogP contribution in [0.1, 0.15) is 52.7 Å². The minimum Gasteiger partial charge on any atom is -0.465 e. The molecule has 0 aliphatic rings. The van der Waals surface area contributed by atoms with Gasteiger partial charge in [-0.25, -0.2) is 9.48 Å². The van der Waals surface area contributed by atoms with Gasteiger partial charge in [-0.1, -0.05) is 13.8 Å². The highest BCUT2D eigenvalue weighted by Crippen LogP contribution is 2.32. The fourth-order valence-electron chi connectivity index (χ4n) is 2.85. The minimum atomic E-state index is -0.460. The molecule has 1 amide bonds. The molecule has 0 aliphatic carbocycles. The summed E-state index contributed by atoms with van der Waals surface area (Å²) in [5.74, 6) is -0.0824. The molecule has 27 heavy (non-hydrogen) atoms. The van der Waals surface area contributed by atoms with Crippen molar-refractivity contribution in [2.24, 2.45) is 0 Å². The number of benzene rings is 1. The van der Waals surface area contributed by atoms with E-state index in [1.165, 1.54) is 18.2 Å². The summed E-state index contributed by atoms with van der Waals surface area (Å²) < 4.78 is 12.2. The number of amides is 1. The maximum absolute atomic E-state index is 12.3. The first-order valence-corrected chi connectivity index (χ1v) is 8.78. The molecule has 1 atom stereocenters. The molecular formula is C20H23N3O4. The Bertz CT molecular complexity index is 1000. The van der Waals surface area contributed by atoms with Crippen molar-refractivity contribution in [3.8, 4) is 5.69 Å². The lowest BCUT2D eigenvalue weighted by atomic mass is 9.97. The van der Waals surface area contributed by atoms with Crippen LogP contribution in [0.25, 0.3) is 16.7 Å². The van der Waals surface area contributed by atoms with Gasteiger partial charge in [0.15, 0.2) is 11.3 Å². The van der Waals surface area contributed by atoms with Crippen LogP contribution < -0.4 is 0 Å². The van der Waals surface area contributed by atoms with Crippen molar-refractivity contribution >= 4 is 22.8 Å². The molecule has 0 spiro atoms. The van der Waals surface area contributed by atoms with Gasteiger partial charge in [0.25, 0.3) is 5.91 Å². The Morgan fingerprint density at radius 2 is 2.04 bits per heavy atom. The Kier molecular flexibility index (Phi) is 5.03. The molecule has 0 fully saturated rings. The van der Waals surface area contributed by atoms with Crippen LogP contribution in [0.2, 0.25) is 0 Å².